The zero-order valence-electron chi connectivity index (χ0n) is 11.4. The van der Waals surface area contributed by atoms with Gasteiger partial charge in [-0.25, -0.2) is 8.42 Å². The van der Waals surface area contributed by atoms with Gasteiger partial charge in [0.15, 0.2) is 4.21 Å². The lowest BCUT2D eigenvalue weighted by molar-refractivity contribution is 0.0688. The second kappa shape index (κ2) is 4.98. The highest BCUT2D eigenvalue weighted by atomic mass is 32.2. The van der Waals surface area contributed by atoms with Gasteiger partial charge in [-0.05, 0) is 30.7 Å². The molecule has 7 heteroatoms. The van der Waals surface area contributed by atoms with E-state index in [9.17, 15) is 13.5 Å². The van der Waals surface area contributed by atoms with Crippen molar-refractivity contribution in [2.24, 2.45) is 0 Å². The third-order valence-corrected chi connectivity index (χ3v) is 7.94. The van der Waals surface area contributed by atoms with Crippen LogP contribution in [0.25, 0.3) is 0 Å². The Morgan fingerprint density at radius 1 is 1.45 bits per heavy atom. The summed E-state index contributed by atoms with van der Waals surface area (Å²) < 4.78 is 32.8. The molecular formula is C13H19NO4S2. The fourth-order valence-electron chi connectivity index (χ4n) is 3.55. The molecule has 1 aliphatic carbocycles. The Kier molecular flexibility index (Phi) is 3.56. The van der Waals surface area contributed by atoms with Gasteiger partial charge in [0.2, 0.25) is 0 Å². The first kappa shape index (κ1) is 14.3. The molecule has 20 heavy (non-hydrogen) atoms. The van der Waals surface area contributed by atoms with Gasteiger partial charge in [-0.3, -0.25) is 0 Å². The predicted octanol–water partition coefficient (Wildman–Crippen LogP) is 1.82. The van der Waals surface area contributed by atoms with Crippen LogP contribution in [0.4, 0.5) is 0 Å². The van der Waals surface area contributed by atoms with Crippen molar-refractivity contribution < 1.29 is 18.3 Å². The lowest BCUT2D eigenvalue weighted by atomic mass is 9.93. The van der Waals surface area contributed by atoms with Gasteiger partial charge in [0.05, 0.1) is 18.8 Å². The quantitative estimate of drug-likeness (QED) is 0.923. The molecule has 1 saturated carbocycles. The molecule has 0 aromatic carbocycles. The van der Waals surface area contributed by atoms with Gasteiger partial charge in [0, 0.05) is 6.54 Å². The summed E-state index contributed by atoms with van der Waals surface area (Å²) in [5, 5.41) is 12.0. The third-order valence-electron chi connectivity index (χ3n) is 4.53. The number of nitrogens with zero attached hydrogens (tertiary/aromatic N) is 1. The average molecular weight is 317 g/mol. The molecule has 112 valence electrons. The van der Waals surface area contributed by atoms with Gasteiger partial charge >= 0.3 is 0 Å². The van der Waals surface area contributed by atoms with E-state index in [1.54, 1.807) is 11.4 Å². The van der Waals surface area contributed by atoms with Crippen molar-refractivity contribution in [2.75, 3.05) is 13.7 Å². The topological polar surface area (TPSA) is 66.8 Å². The van der Waals surface area contributed by atoms with Gasteiger partial charge in [-0.1, -0.05) is 12.8 Å². The second-order valence-electron chi connectivity index (χ2n) is 5.47. The maximum atomic E-state index is 12.9. The molecule has 0 bridgehead atoms. The van der Waals surface area contributed by atoms with Crippen LogP contribution in [0, 0.1) is 0 Å². The van der Waals surface area contributed by atoms with Crippen LogP contribution in [-0.2, 0) is 10.0 Å². The number of rotatable bonds is 3. The highest BCUT2D eigenvalue weighted by molar-refractivity contribution is 7.91. The molecule has 1 saturated heterocycles. The molecule has 2 fully saturated rings. The molecule has 3 rings (SSSR count). The summed E-state index contributed by atoms with van der Waals surface area (Å²) >= 11 is 1.18. The lowest BCUT2D eigenvalue weighted by Crippen LogP contribution is -2.50. The van der Waals surface area contributed by atoms with Crippen LogP contribution in [0.3, 0.4) is 0 Å². The number of ether oxygens (including phenoxy) is 1. The van der Waals surface area contributed by atoms with Crippen molar-refractivity contribution in [1.29, 1.82) is 0 Å². The molecular weight excluding hydrogens is 298 g/mol. The van der Waals surface area contributed by atoms with E-state index in [1.165, 1.54) is 22.8 Å². The van der Waals surface area contributed by atoms with Gasteiger partial charge in [-0.2, -0.15) is 4.31 Å². The van der Waals surface area contributed by atoms with E-state index < -0.39 is 21.7 Å². The minimum atomic E-state index is -3.60. The highest BCUT2D eigenvalue weighted by Crippen LogP contribution is 2.47. The second-order valence-corrected chi connectivity index (χ2v) is 8.44. The minimum Gasteiger partial charge on any atom is -0.494 e. The fourth-order valence-corrected chi connectivity index (χ4v) is 6.79. The monoisotopic (exact) mass is 317 g/mol. The number of hydrogen-bond donors (Lipinski definition) is 1. The van der Waals surface area contributed by atoms with E-state index in [0.717, 1.165) is 25.7 Å². The van der Waals surface area contributed by atoms with Crippen LogP contribution < -0.4 is 4.74 Å². The Balaban J connectivity index is 2.03. The number of aliphatic hydroxyl groups is 1. The summed E-state index contributed by atoms with van der Waals surface area (Å²) in [5.41, 5.74) is -0.589. The summed E-state index contributed by atoms with van der Waals surface area (Å²) in [6.07, 6.45) is 3.43. The molecule has 2 heterocycles. The summed E-state index contributed by atoms with van der Waals surface area (Å²) in [6.45, 7) is 0.393. The van der Waals surface area contributed by atoms with Gasteiger partial charge in [0.1, 0.15) is 5.75 Å². The lowest BCUT2D eigenvalue weighted by Gasteiger charge is -2.36. The summed E-state index contributed by atoms with van der Waals surface area (Å²) in [4.78, 5) is 0. The standard InChI is InChI=1S/C13H19NO4S2/c1-18-10-5-9-19-12(10)20(16,17)14-8-4-11(15)13(14)6-2-3-7-13/h5,9,11,15H,2-4,6-8H2,1H3/t11-/m1/s1. The summed E-state index contributed by atoms with van der Waals surface area (Å²) in [5.74, 6) is 0.393. The molecule has 0 radical (unpaired) electrons. The molecule has 2 aliphatic rings. The summed E-state index contributed by atoms with van der Waals surface area (Å²) in [6, 6.07) is 1.67. The number of hydrogen-bond acceptors (Lipinski definition) is 5. The number of methoxy groups -OCH3 is 1. The van der Waals surface area contributed by atoms with E-state index in [-0.39, 0.29) is 4.21 Å². The van der Waals surface area contributed by atoms with Gasteiger partial charge in [-0.15, -0.1) is 11.3 Å². The molecule has 1 atom stereocenters. The van der Waals surface area contributed by atoms with E-state index in [2.05, 4.69) is 0 Å². The van der Waals surface area contributed by atoms with E-state index in [0.29, 0.717) is 18.7 Å². The maximum Gasteiger partial charge on any atom is 0.256 e. The van der Waals surface area contributed by atoms with Crippen LogP contribution in [0.15, 0.2) is 15.7 Å². The van der Waals surface area contributed by atoms with Crippen molar-refractivity contribution in [1.82, 2.24) is 4.31 Å². The highest BCUT2D eigenvalue weighted by Gasteiger charge is 2.55. The molecule has 1 spiro atoms. The molecule has 5 nitrogen and oxygen atoms in total. The first-order valence-corrected chi connectivity index (χ1v) is 9.17. The zero-order valence-corrected chi connectivity index (χ0v) is 13.0. The SMILES string of the molecule is COc1ccsc1S(=O)(=O)N1CC[C@@H](O)C12CCCC2. The molecule has 1 aromatic rings. The molecule has 1 aliphatic heterocycles. The maximum absolute atomic E-state index is 12.9. The van der Waals surface area contributed by atoms with Crippen molar-refractivity contribution in [3.05, 3.63) is 11.4 Å². The average Bonchev–Trinajstić information content (AvgIpc) is 3.13. The normalized spacial score (nSPS) is 26.4. The Morgan fingerprint density at radius 2 is 2.15 bits per heavy atom. The zero-order chi connectivity index (χ0) is 14.4. The smallest absolute Gasteiger partial charge is 0.256 e. The van der Waals surface area contributed by atoms with Crippen molar-refractivity contribution in [3.63, 3.8) is 0 Å². The van der Waals surface area contributed by atoms with Gasteiger partial charge in [0.25, 0.3) is 10.0 Å². The number of aliphatic hydroxyl groups excluding tert-OH is 1. The van der Waals surface area contributed by atoms with E-state index in [1.807, 2.05) is 0 Å². The molecule has 1 aromatic heterocycles. The fraction of sp³-hybridized carbons (Fsp3) is 0.692. The van der Waals surface area contributed by atoms with Gasteiger partial charge < -0.3 is 9.84 Å². The van der Waals surface area contributed by atoms with Crippen molar-refractivity contribution in [3.8, 4) is 5.75 Å². The van der Waals surface area contributed by atoms with E-state index in [4.69, 9.17) is 4.74 Å². The van der Waals surface area contributed by atoms with Crippen LogP contribution in [0.5, 0.6) is 5.75 Å². The molecule has 0 amide bonds. The Labute approximate surface area is 123 Å². The first-order chi connectivity index (χ1) is 9.52. The van der Waals surface area contributed by atoms with Crippen LogP contribution in [0.2, 0.25) is 0 Å². The largest absolute Gasteiger partial charge is 0.494 e. The number of thiophene rings is 1. The predicted molar refractivity (Wildman–Crippen MR) is 76.6 cm³/mol. The van der Waals surface area contributed by atoms with Crippen molar-refractivity contribution >= 4 is 21.4 Å². The van der Waals surface area contributed by atoms with Crippen LogP contribution >= 0.6 is 11.3 Å². The van der Waals surface area contributed by atoms with E-state index >= 15 is 0 Å². The third kappa shape index (κ3) is 1.91. The Morgan fingerprint density at radius 3 is 2.80 bits per heavy atom. The van der Waals surface area contributed by atoms with Crippen LogP contribution in [0.1, 0.15) is 32.1 Å². The summed E-state index contributed by atoms with van der Waals surface area (Å²) in [7, 11) is -2.12. The number of sulfonamides is 1. The minimum absolute atomic E-state index is 0.250. The molecule has 0 unspecified atom stereocenters. The van der Waals surface area contributed by atoms with Crippen molar-refractivity contribution in [2.45, 2.75) is 48.0 Å². The molecule has 1 N–H and O–H groups in total. The van der Waals surface area contributed by atoms with Crippen LogP contribution in [-0.4, -0.2) is 43.1 Å². The Hall–Kier alpha value is -0.630. The first-order valence-electron chi connectivity index (χ1n) is 6.85. The Bertz CT molecular complexity index is 589.